The summed E-state index contributed by atoms with van der Waals surface area (Å²) in [5, 5.41) is 0. The van der Waals surface area contributed by atoms with E-state index in [0.717, 1.165) is 18.4 Å². The van der Waals surface area contributed by atoms with E-state index in [0.29, 0.717) is 22.6 Å². The molecular weight excluding hydrogens is 280 g/mol. The van der Waals surface area contributed by atoms with Crippen molar-refractivity contribution in [3.63, 3.8) is 0 Å². The molecule has 118 valence electrons. The van der Waals surface area contributed by atoms with Crippen LogP contribution in [0.4, 0.5) is 0 Å². The van der Waals surface area contributed by atoms with Crippen molar-refractivity contribution in [2.24, 2.45) is 17.8 Å². The van der Waals surface area contributed by atoms with Gasteiger partial charge < -0.3 is 0 Å². The highest BCUT2D eigenvalue weighted by Crippen LogP contribution is 2.55. The molecule has 0 heterocycles. The van der Waals surface area contributed by atoms with Crippen LogP contribution in [0.3, 0.4) is 0 Å². The van der Waals surface area contributed by atoms with Gasteiger partial charge in [0.1, 0.15) is 0 Å². The summed E-state index contributed by atoms with van der Waals surface area (Å²) >= 11 is 0. The molecule has 0 aromatic heterocycles. The van der Waals surface area contributed by atoms with Crippen molar-refractivity contribution >= 4 is 10.6 Å². The van der Waals surface area contributed by atoms with Crippen LogP contribution in [-0.2, 0) is 4.18 Å². The van der Waals surface area contributed by atoms with E-state index in [2.05, 4.69) is 20.8 Å². The Labute approximate surface area is 131 Å². The minimum absolute atomic E-state index is 0.0556. The molecule has 1 aromatic rings. The maximum atomic E-state index is 10.7. The monoisotopic (exact) mass is 308 g/mol. The molecule has 1 aliphatic carbocycles. The van der Waals surface area contributed by atoms with E-state index in [1.807, 2.05) is 31.2 Å². The summed E-state index contributed by atoms with van der Waals surface area (Å²) in [6.07, 6.45) is 9.59. The van der Waals surface area contributed by atoms with Gasteiger partial charge in [0.2, 0.25) is 0 Å². The molecule has 21 heavy (non-hydrogen) atoms. The Morgan fingerprint density at radius 3 is 2.43 bits per heavy atom. The van der Waals surface area contributed by atoms with Crippen molar-refractivity contribution in [3.8, 4) is 0 Å². The SMILES string of the molecule is [CH]S(O)(O[C@@H]1C[C@H](C)CC[C@H]1C(C)C)c1ccc(C)cc1. The second-order valence-electron chi connectivity index (χ2n) is 6.84. The third-order valence-corrected chi connectivity index (χ3v) is 6.08. The second-order valence-corrected chi connectivity index (χ2v) is 8.64. The topological polar surface area (TPSA) is 29.5 Å². The van der Waals surface area contributed by atoms with Gasteiger partial charge in [-0.25, -0.2) is 0 Å². The number of hydrogen-bond acceptors (Lipinski definition) is 2. The van der Waals surface area contributed by atoms with Gasteiger partial charge in [-0.05, 0) is 49.7 Å². The van der Waals surface area contributed by atoms with E-state index in [-0.39, 0.29) is 6.10 Å². The molecule has 1 aliphatic rings. The Balaban J connectivity index is 2.14. The molecule has 1 aromatic carbocycles. The lowest BCUT2D eigenvalue weighted by molar-refractivity contribution is 0.0511. The molecule has 2 radical (unpaired) electrons. The van der Waals surface area contributed by atoms with Gasteiger partial charge in [0.25, 0.3) is 0 Å². The average Bonchev–Trinajstić information content (AvgIpc) is 2.38. The van der Waals surface area contributed by atoms with E-state index in [1.165, 1.54) is 6.42 Å². The lowest BCUT2D eigenvalue weighted by Gasteiger charge is -2.43. The van der Waals surface area contributed by atoms with Gasteiger partial charge in [0.05, 0.1) is 17.3 Å². The van der Waals surface area contributed by atoms with E-state index in [1.54, 1.807) is 0 Å². The largest absolute Gasteiger partial charge is 0.294 e. The van der Waals surface area contributed by atoms with E-state index >= 15 is 0 Å². The first-order valence-electron chi connectivity index (χ1n) is 7.88. The zero-order chi connectivity index (χ0) is 15.6. The third-order valence-electron chi connectivity index (χ3n) is 4.59. The highest BCUT2D eigenvalue weighted by Gasteiger charge is 2.34. The fraction of sp³-hybridized carbons (Fsp3) is 0.611. The fourth-order valence-electron chi connectivity index (χ4n) is 3.20. The summed E-state index contributed by atoms with van der Waals surface area (Å²) in [7, 11) is -2.67. The van der Waals surface area contributed by atoms with E-state index in [4.69, 9.17) is 10.4 Å². The molecule has 4 atom stereocenters. The summed E-state index contributed by atoms with van der Waals surface area (Å²) in [5.41, 5.74) is 1.15. The Morgan fingerprint density at radius 1 is 1.24 bits per heavy atom. The summed E-state index contributed by atoms with van der Waals surface area (Å²) in [4.78, 5) is 0.703. The fourth-order valence-corrected chi connectivity index (χ4v) is 4.44. The van der Waals surface area contributed by atoms with Gasteiger partial charge >= 0.3 is 0 Å². The van der Waals surface area contributed by atoms with E-state index in [9.17, 15) is 4.55 Å². The van der Waals surface area contributed by atoms with Crippen molar-refractivity contribution in [1.29, 1.82) is 0 Å². The van der Waals surface area contributed by atoms with Gasteiger partial charge in [0, 0.05) is 0 Å². The number of hydrogen-bond donors (Lipinski definition) is 1. The van der Waals surface area contributed by atoms with Crippen LogP contribution >= 0.6 is 10.6 Å². The van der Waals surface area contributed by atoms with Crippen LogP contribution < -0.4 is 0 Å². The lowest BCUT2D eigenvalue weighted by Crippen LogP contribution is -2.34. The third kappa shape index (κ3) is 4.24. The van der Waals surface area contributed by atoms with Crippen LogP contribution in [0.5, 0.6) is 0 Å². The van der Waals surface area contributed by atoms with Crippen LogP contribution in [0.2, 0.25) is 0 Å². The van der Waals surface area contributed by atoms with Crippen LogP contribution in [-0.4, -0.2) is 10.7 Å². The van der Waals surface area contributed by atoms with Crippen LogP contribution in [0, 0.1) is 30.9 Å². The maximum absolute atomic E-state index is 10.7. The zero-order valence-corrected chi connectivity index (χ0v) is 14.4. The van der Waals surface area contributed by atoms with Crippen molar-refractivity contribution in [2.75, 3.05) is 0 Å². The molecule has 1 unspecified atom stereocenters. The van der Waals surface area contributed by atoms with Gasteiger partial charge in [-0.15, -0.1) is 0 Å². The number of aryl methyl sites for hydroxylation is 1. The molecule has 1 fully saturated rings. The highest BCUT2D eigenvalue weighted by atomic mass is 32.3. The molecule has 0 amide bonds. The van der Waals surface area contributed by atoms with Gasteiger partial charge in [-0.2, -0.15) is 10.6 Å². The Hall–Kier alpha value is -0.510. The smallest absolute Gasteiger partial charge is 0.0987 e. The molecule has 2 nitrogen and oxygen atoms in total. The van der Waals surface area contributed by atoms with Gasteiger partial charge in [0.15, 0.2) is 0 Å². The predicted molar refractivity (Wildman–Crippen MR) is 90.2 cm³/mol. The predicted octanol–water partition coefficient (Wildman–Crippen LogP) is 5.69. The quantitative estimate of drug-likeness (QED) is 0.774. The van der Waals surface area contributed by atoms with Crippen molar-refractivity contribution in [2.45, 2.75) is 58.0 Å². The minimum atomic E-state index is -2.67. The zero-order valence-electron chi connectivity index (χ0n) is 13.6. The first-order valence-corrected chi connectivity index (χ1v) is 9.46. The molecular formula is C18H28O2S. The van der Waals surface area contributed by atoms with Crippen molar-refractivity contribution < 1.29 is 8.74 Å². The van der Waals surface area contributed by atoms with E-state index < -0.39 is 10.6 Å². The number of rotatable bonds is 4. The number of benzene rings is 1. The normalized spacial score (nSPS) is 30.9. The molecule has 0 spiro atoms. The summed E-state index contributed by atoms with van der Waals surface area (Å²) in [5.74, 6) is 1.67. The maximum Gasteiger partial charge on any atom is 0.0987 e. The Kier molecular flexibility index (Phi) is 5.39. The first kappa shape index (κ1) is 16.9. The molecule has 0 aliphatic heterocycles. The molecule has 0 bridgehead atoms. The highest BCUT2D eigenvalue weighted by molar-refractivity contribution is 8.26. The molecule has 2 rings (SSSR count). The Bertz CT molecular complexity index is 453. The molecule has 1 saturated carbocycles. The van der Waals surface area contributed by atoms with Crippen LogP contribution in [0.25, 0.3) is 0 Å². The van der Waals surface area contributed by atoms with Crippen molar-refractivity contribution in [1.82, 2.24) is 0 Å². The van der Waals surface area contributed by atoms with Gasteiger partial charge in [-0.3, -0.25) is 8.74 Å². The molecule has 1 N–H and O–H groups in total. The lowest BCUT2D eigenvalue weighted by atomic mass is 9.75. The van der Waals surface area contributed by atoms with Crippen LogP contribution in [0.1, 0.15) is 45.6 Å². The van der Waals surface area contributed by atoms with Gasteiger partial charge in [-0.1, -0.05) is 44.9 Å². The molecule has 0 saturated heterocycles. The average molecular weight is 308 g/mol. The molecule has 3 heteroatoms. The second kappa shape index (κ2) is 6.72. The minimum Gasteiger partial charge on any atom is -0.294 e. The summed E-state index contributed by atoms with van der Waals surface area (Å²) in [6, 6.07) is 7.68. The first-order chi connectivity index (χ1) is 9.79. The standard InChI is InChI=1S/C18H28O2S/c1-13(2)17-11-8-15(4)12-18(17)20-21(5,19)16-9-6-14(3)7-10-16/h5-7,9-10,13,15,17-19H,8,11-12H2,1-4H3/t15-,17+,18-/m1/s1. The van der Waals surface area contributed by atoms with Crippen molar-refractivity contribution in [3.05, 3.63) is 36.1 Å². The van der Waals surface area contributed by atoms with Crippen LogP contribution in [0.15, 0.2) is 29.2 Å². The Morgan fingerprint density at radius 2 is 1.86 bits per heavy atom. The summed E-state index contributed by atoms with van der Waals surface area (Å²) < 4.78 is 16.7. The summed E-state index contributed by atoms with van der Waals surface area (Å²) in [6.45, 7) is 8.73.